The molecule has 0 heterocycles. The summed E-state index contributed by atoms with van der Waals surface area (Å²) in [5, 5.41) is 28.2. The van der Waals surface area contributed by atoms with Gasteiger partial charge in [-0.25, -0.2) is 0 Å². The molecule has 0 aromatic heterocycles. The Hall–Kier alpha value is -2.33. The molecule has 132 valence electrons. The van der Waals surface area contributed by atoms with E-state index >= 15 is 0 Å². The number of aliphatic carboxylic acids is 1. The van der Waals surface area contributed by atoms with Gasteiger partial charge in [0.05, 0.1) is 17.6 Å². The average molecular weight is 338 g/mol. The molecule has 0 radical (unpaired) electrons. The van der Waals surface area contributed by atoms with Gasteiger partial charge < -0.3 is 5.11 Å². The number of hydrogen-bond acceptors (Lipinski definition) is 3. The summed E-state index contributed by atoms with van der Waals surface area (Å²) in [5.74, 6) is -1.42. The summed E-state index contributed by atoms with van der Waals surface area (Å²) < 4.78 is 0. The van der Waals surface area contributed by atoms with Gasteiger partial charge in [0.1, 0.15) is 5.92 Å². The number of nitriles is 2. The highest BCUT2D eigenvalue weighted by Crippen LogP contribution is 2.41. The molecule has 0 bridgehead atoms. The van der Waals surface area contributed by atoms with E-state index in [-0.39, 0.29) is 5.92 Å². The summed E-state index contributed by atoms with van der Waals surface area (Å²) in [4.78, 5) is 11.7. The second kappa shape index (κ2) is 9.23. The van der Waals surface area contributed by atoms with Crippen LogP contribution < -0.4 is 0 Å². The molecule has 1 aromatic rings. The Bertz CT molecular complexity index is 622. The number of hydrogen-bond donors (Lipinski definition) is 1. The van der Waals surface area contributed by atoms with Gasteiger partial charge in [0, 0.05) is 5.92 Å². The first-order chi connectivity index (χ1) is 12.1. The molecular weight excluding hydrogens is 312 g/mol. The third-order valence-corrected chi connectivity index (χ3v) is 5.59. The van der Waals surface area contributed by atoms with Crippen LogP contribution in [-0.4, -0.2) is 11.1 Å². The Morgan fingerprint density at radius 2 is 1.72 bits per heavy atom. The number of unbranched alkanes of at least 4 members (excludes halogenated alkanes) is 1. The molecule has 4 heteroatoms. The lowest BCUT2D eigenvalue weighted by molar-refractivity contribution is -0.151. The number of rotatable bonds is 8. The van der Waals surface area contributed by atoms with Crippen LogP contribution in [0.5, 0.6) is 0 Å². The van der Waals surface area contributed by atoms with Crippen LogP contribution >= 0.6 is 0 Å². The Morgan fingerprint density at radius 1 is 1.08 bits per heavy atom. The third kappa shape index (κ3) is 4.83. The molecule has 1 aliphatic carbocycles. The zero-order chi connectivity index (χ0) is 18.1. The van der Waals surface area contributed by atoms with Gasteiger partial charge in [0.2, 0.25) is 0 Å². The van der Waals surface area contributed by atoms with E-state index < -0.39 is 17.3 Å². The fraction of sp³-hybridized carbons (Fsp3) is 0.571. The van der Waals surface area contributed by atoms with E-state index in [2.05, 4.69) is 12.1 Å². The molecule has 1 aliphatic rings. The quantitative estimate of drug-likeness (QED) is 0.674. The SMILES string of the molecule is N#CC(C#N)C(CCCCC1(C(=O)O)CCCCC1)c1ccccc1. The summed E-state index contributed by atoms with van der Waals surface area (Å²) in [7, 11) is 0. The maximum atomic E-state index is 11.7. The zero-order valence-corrected chi connectivity index (χ0v) is 14.7. The second-order valence-corrected chi connectivity index (χ2v) is 7.14. The first-order valence-electron chi connectivity index (χ1n) is 9.20. The van der Waals surface area contributed by atoms with Gasteiger partial charge in [-0.2, -0.15) is 10.5 Å². The number of carboxylic acids is 1. The minimum atomic E-state index is -0.662. The molecule has 1 fully saturated rings. The molecule has 0 aliphatic heterocycles. The third-order valence-electron chi connectivity index (χ3n) is 5.59. The van der Waals surface area contributed by atoms with Crippen molar-refractivity contribution in [3.63, 3.8) is 0 Å². The number of benzene rings is 1. The molecule has 2 rings (SSSR count). The lowest BCUT2D eigenvalue weighted by Gasteiger charge is -2.33. The highest BCUT2D eigenvalue weighted by atomic mass is 16.4. The normalized spacial score (nSPS) is 17.4. The summed E-state index contributed by atoms with van der Waals surface area (Å²) in [6.07, 6.45) is 7.82. The summed E-state index contributed by atoms with van der Waals surface area (Å²) in [6, 6.07) is 13.9. The smallest absolute Gasteiger partial charge is 0.309 e. The van der Waals surface area contributed by atoms with E-state index in [1.807, 2.05) is 30.3 Å². The summed E-state index contributed by atoms with van der Waals surface area (Å²) in [5.41, 5.74) is 0.464. The molecular formula is C21H26N2O2. The van der Waals surface area contributed by atoms with Crippen molar-refractivity contribution in [3.8, 4) is 12.1 Å². The minimum absolute atomic E-state index is 0.108. The van der Waals surface area contributed by atoms with Gasteiger partial charge >= 0.3 is 5.97 Å². The van der Waals surface area contributed by atoms with Gasteiger partial charge in [0.15, 0.2) is 0 Å². The molecule has 0 saturated heterocycles. The Kier molecular flexibility index (Phi) is 7.02. The van der Waals surface area contributed by atoms with Crippen molar-refractivity contribution in [2.75, 3.05) is 0 Å². The van der Waals surface area contributed by atoms with E-state index in [0.29, 0.717) is 6.42 Å². The molecule has 0 amide bonds. The van der Waals surface area contributed by atoms with Crippen molar-refractivity contribution < 1.29 is 9.90 Å². The topological polar surface area (TPSA) is 84.9 Å². The average Bonchev–Trinajstić information content (AvgIpc) is 2.65. The highest BCUT2D eigenvalue weighted by Gasteiger charge is 2.38. The van der Waals surface area contributed by atoms with E-state index in [1.54, 1.807) is 0 Å². The minimum Gasteiger partial charge on any atom is -0.481 e. The zero-order valence-electron chi connectivity index (χ0n) is 14.7. The van der Waals surface area contributed by atoms with Crippen LogP contribution in [0.1, 0.15) is 69.3 Å². The van der Waals surface area contributed by atoms with Gasteiger partial charge in [-0.15, -0.1) is 0 Å². The van der Waals surface area contributed by atoms with Gasteiger partial charge in [-0.05, 0) is 31.2 Å². The molecule has 0 spiro atoms. The van der Waals surface area contributed by atoms with Crippen LogP contribution in [0.2, 0.25) is 0 Å². The predicted molar refractivity (Wildman–Crippen MR) is 95.5 cm³/mol. The lowest BCUT2D eigenvalue weighted by Crippen LogP contribution is -2.33. The van der Waals surface area contributed by atoms with Gasteiger partial charge in [0.25, 0.3) is 0 Å². The number of carbonyl (C=O) groups is 1. The number of carboxylic acid groups (broad SMARTS) is 1. The van der Waals surface area contributed by atoms with Crippen molar-refractivity contribution in [2.24, 2.45) is 11.3 Å². The van der Waals surface area contributed by atoms with Crippen LogP contribution in [0, 0.1) is 34.0 Å². The summed E-state index contributed by atoms with van der Waals surface area (Å²) >= 11 is 0. The molecule has 1 aromatic carbocycles. The molecule has 25 heavy (non-hydrogen) atoms. The monoisotopic (exact) mass is 338 g/mol. The van der Waals surface area contributed by atoms with Crippen LogP contribution in [0.4, 0.5) is 0 Å². The lowest BCUT2D eigenvalue weighted by atomic mass is 9.70. The van der Waals surface area contributed by atoms with Crippen LogP contribution in [-0.2, 0) is 4.79 Å². The molecule has 1 atom stereocenters. The largest absolute Gasteiger partial charge is 0.481 e. The first kappa shape index (κ1) is 19.0. The van der Waals surface area contributed by atoms with Gasteiger partial charge in [-0.3, -0.25) is 4.79 Å². The van der Waals surface area contributed by atoms with Crippen molar-refractivity contribution in [1.82, 2.24) is 0 Å². The predicted octanol–water partition coefficient (Wildman–Crippen LogP) is 5.03. The van der Waals surface area contributed by atoms with Crippen LogP contribution in [0.3, 0.4) is 0 Å². The van der Waals surface area contributed by atoms with E-state index in [4.69, 9.17) is 0 Å². The second-order valence-electron chi connectivity index (χ2n) is 7.14. The van der Waals surface area contributed by atoms with Crippen molar-refractivity contribution in [1.29, 1.82) is 10.5 Å². The molecule has 1 N–H and O–H groups in total. The first-order valence-corrected chi connectivity index (χ1v) is 9.20. The van der Waals surface area contributed by atoms with Crippen molar-refractivity contribution in [2.45, 2.75) is 63.7 Å². The Labute approximate surface area is 150 Å². The fourth-order valence-electron chi connectivity index (χ4n) is 4.06. The van der Waals surface area contributed by atoms with E-state index in [0.717, 1.165) is 56.9 Å². The van der Waals surface area contributed by atoms with Gasteiger partial charge in [-0.1, -0.05) is 62.4 Å². The standard InChI is InChI=1S/C21H26N2O2/c22-15-18(16-23)19(17-9-3-1-4-10-17)11-5-8-14-21(20(24)25)12-6-2-7-13-21/h1,3-4,9-10,18-19H,2,5-8,11-14H2,(H,24,25). The van der Waals surface area contributed by atoms with E-state index in [9.17, 15) is 20.4 Å². The van der Waals surface area contributed by atoms with Crippen molar-refractivity contribution >= 4 is 5.97 Å². The Balaban J connectivity index is 1.96. The molecule has 1 unspecified atom stereocenters. The maximum absolute atomic E-state index is 11.7. The van der Waals surface area contributed by atoms with Crippen LogP contribution in [0.25, 0.3) is 0 Å². The molecule has 1 saturated carbocycles. The van der Waals surface area contributed by atoms with Crippen molar-refractivity contribution in [3.05, 3.63) is 35.9 Å². The fourth-order valence-corrected chi connectivity index (χ4v) is 4.06. The van der Waals surface area contributed by atoms with Crippen LogP contribution in [0.15, 0.2) is 30.3 Å². The summed E-state index contributed by atoms with van der Waals surface area (Å²) in [6.45, 7) is 0. The number of nitrogens with zero attached hydrogens (tertiary/aromatic N) is 2. The molecule has 4 nitrogen and oxygen atoms in total. The van der Waals surface area contributed by atoms with E-state index in [1.165, 1.54) is 0 Å². The Morgan fingerprint density at radius 3 is 2.28 bits per heavy atom. The highest BCUT2D eigenvalue weighted by molar-refractivity contribution is 5.74. The maximum Gasteiger partial charge on any atom is 0.309 e.